The van der Waals surface area contributed by atoms with Crippen LogP contribution >= 0.6 is 0 Å². The molecule has 13 heavy (non-hydrogen) atoms. The number of likely N-dealkylation sites (tertiary alicyclic amines) is 1. The van der Waals surface area contributed by atoms with Crippen molar-refractivity contribution in [2.75, 3.05) is 26.2 Å². The first kappa shape index (κ1) is 9.44. The van der Waals surface area contributed by atoms with E-state index in [2.05, 4.69) is 4.90 Å². The van der Waals surface area contributed by atoms with Crippen molar-refractivity contribution < 1.29 is 4.74 Å². The van der Waals surface area contributed by atoms with E-state index in [4.69, 9.17) is 10.5 Å². The monoisotopic (exact) mass is 184 g/mol. The Kier molecular flexibility index (Phi) is 3.19. The normalized spacial score (nSPS) is 35.8. The highest BCUT2D eigenvalue weighted by molar-refractivity contribution is 4.78. The summed E-state index contributed by atoms with van der Waals surface area (Å²) in [5.41, 5.74) is 5.57. The van der Waals surface area contributed by atoms with E-state index in [0.29, 0.717) is 18.8 Å². The van der Waals surface area contributed by atoms with Crippen molar-refractivity contribution >= 4 is 0 Å². The van der Waals surface area contributed by atoms with Crippen molar-refractivity contribution in [3.8, 4) is 0 Å². The molecule has 0 aromatic rings. The number of rotatable bonds is 3. The summed E-state index contributed by atoms with van der Waals surface area (Å²) in [6.07, 6.45) is 5.91. The second-order valence-corrected chi connectivity index (χ2v) is 4.20. The highest BCUT2D eigenvalue weighted by atomic mass is 16.5. The SMILES string of the molecule is NCC1CCC(CN2CCCC2)O1. The molecule has 0 bridgehead atoms. The zero-order valence-electron chi connectivity index (χ0n) is 8.24. The van der Waals surface area contributed by atoms with Crippen molar-refractivity contribution in [1.82, 2.24) is 4.90 Å². The minimum absolute atomic E-state index is 0.340. The van der Waals surface area contributed by atoms with Gasteiger partial charge in [-0.1, -0.05) is 0 Å². The predicted octanol–water partition coefficient (Wildman–Crippen LogP) is 0.588. The maximum Gasteiger partial charge on any atom is 0.0707 e. The molecule has 2 aliphatic rings. The molecule has 0 spiro atoms. The van der Waals surface area contributed by atoms with Crippen molar-refractivity contribution in [3.05, 3.63) is 0 Å². The van der Waals surface area contributed by atoms with Crippen molar-refractivity contribution in [2.45, 2.75) is 37.9 Å². The van der Waals surface area contributed by atoms with Crippen LogP contribution < -0.4 is 5.73 Å². The van der Waals surface area contributed by atoms with Gasteiger partial charge in [0.1, 0.15) is 0 Å². The second kappa shape index (κ2) is 4.40. The molecule has 0 aliphatic carbocycles. The first-order valence-corrected chi connectivity index (χ1v) is 5.46. The lowest BCUT2D eigenvalue weighted by Crippen LogP contribution is -2.31. The number of hydrogen-bond acceptors (Lipinski definition) is 3. The van der Waals surface area contributed by atoms with Gasteiger partial charge in [0.05, 0.1) is 12.2 Å². The summed E-state index contributed by atoms with van der Waals surface area (Å²) in [6, 6.07) is 0. The summed E-state index contributed by atoms with van der Waals surface area (Å²) < 4.78 is 5.81. The van der Waals surface area contributed by atoms with Gasteiger partial charge >= 0.3 is 0 Å². The molecule has 2 saturated heterocycles. The van der Waals surface area contributed by atoms with Crippen LogP contribution in [0.1, 0.15) is 25.7 Å². The minimum atomic E-state index is 0.340. The molecular formula is C10H20N2O. The number of nitrogens with zero attached hydrogens (tertiary/aromatic N) is 1. The van der Waals surface area contributed by atoms with E-state index < -0.39 is 0 Å². The third-order valence-corrected chi connectivity index (χ3v) is 3.12. The van der Waals surface area contributed by atoms with Gasteiger partial charge in [-0.15, -0.1) is 0 Å². The van der Waals surface area contributed by atoms with E-state index in [0.717, 1.165) is 13.0 Å². The van der Waals surface area contributed by atoms with Crippen LogP contribution in [0, 0.1) is 0 Å². The lowest BCUT2D eigenvalue weighted by Gasteiger charge is -2.19. The van der Waals surface area contributed by atoms with Crippen molar-refractivity contribution in [2.24, 2.45) is 5.73 Å². The highest BCUT2D eigenvalue weighted by Crippen LogP contribution is 2.21. The van der Waals surface area contributed by atoms with E-state index in [1.165, 1.54) is 32.4 Å². The molecule has 76 valence electrons. The summed E-state index contributed by atoms with van der Waals surface area (Å²) >= 11 is 0. The van der Waals surface area contributed by atoms with Crippen LogP contribution in [0.3, 0.4) is 0 Å². The fraction of sp³-hybridized carbons (Fsp3) is 1.00. The minimum Gasteiger partial charge on any atom is -0.372 e. The Hall–Kier alpha value is -0.120. The average Bonchev–Trinajstić information content (AvgIpc) is 2.76. The molecule has 0 aromatic carbocycles. The Labute approximate surface area is 80.2 Å². The Balaban J connectivity index is 1.70. The molecule has 0 amide bonds. The van der Waals surface area contributed by atoms with Crippen LogP contribution in [-0.4, -0.2) is 43.3 Å². The summed E-state index contributed by atoms with van der Waals surface area (Å²) in [5.74, 6) is 0. The van der Waals surface area contributed by atoms with Crippen molar-refractivity contribution in [3.63, 3.8) is 0 Å². The molecule has 3 nitrogen and oxygen atoms in total. The quantitative estimate of drug-likeness (QED) is 0.697. The maximum absolute atomic E-state index is 5.81. The molecule has 2 rings (SSSR count). The van der Waals surface area contributed by atoms with E-state index in [-0.39, 0.29) is 0 Å². The van der Waals surface area contributed by atoms with E-state index in [9.17, 15) is 0 Å². The summed E-state index contributed by atoms with van der Waals surface area (Å²) in [4.78, 5) is 2.52. The Morgan fingerprint density at radius 2 is 1.85 bits per heavy atom. The summed E-state index contributed by atoms with van der Waals surface area (Å²) in [6.45, 7) is 4.37. The van der Waals surface area contributed by atoms with Crippen LogP contribution in [0.25, 0.3) is 0 Å². The molecule has 2 fully saturated rings. The Morgan fingerprint density at radius 1 is 1.15 bits per heavy atom. The number of hydrogen-bond donors (Lipinski definition) is 1. The highest BCUT2D eigenvalue weighted by Gasteiger charge is 2.26. The fourth-order valence-electron chi connectivity index (χ4n) is 2.34. The second-order valence-electron chi connectivity index (χ2n) is 4.20. The standard InChI is InChI=1S/C10H20N2O/c11-7-9-3-4-10(13-9)8-12-5-1-2-6-12/h9-10H,1-8,11H2. The first-order chi connectivity index (χ1) is 6.38. The molecule has 2 unspecified atom stereocenters. The lowest BCUT2D eigenvalue weighted by molar-refractivity contribution is 0.0315. The van der Waals surface area contributed by atoms with Crippen LogP contribution in [0.15, 0.2) is 0 Å². The van der Waals surface area contributed by atoms with Gasteiger partial charge < -0.3 is 15.4 Å². The maximum atomic E-state index is 5.81. The van der Waals surface area contributed by atoms with Gasteiger partial charge in [-0.2, -0.15) is 0 Å². The fourth-order valence-corrected chi connectivity index (χ4v) is 2.34. The van der Waals surface area contributed by atoms with Gasteiger partial charge in [0, 0.05) is 13.1 Å². The Bertz CT molecular complexity index is 157. The zero-order valence-corrected chi connectivity index (χ0v) is 8.24. The molecule has 0 radical (unpaired) electrons. The third-order valence-electron chi connectivity index (χ3n) is 3.12. The molecule has 2 aliphatic heterocycles. The van der Waals surface area contributed by atoms with Crippen LogP contribution in [0.5, 0.6) is 0 Å². The summed E-state index contributed by atoms with van der Waals surface area (Å²) in [7, 11) is 0. The number of ether oxygens (including phenoxy) is 1. The van der Waals surface area contributed by atoms with Gasteiger partial charge in [0.15, 0.2) is 0 Å². The summed E-state index contributed by atoms with van der Waals surface area (Å²) in [5, 5.41) is 0. The van der Waals surface area contributed by atoms with Gasteiger partial charge in [0.25, 0.3) is 0 Å². The molecule has 2 heterocycles. The zero-order chi connectivity index (χ0) is 9.10. The van der Waals surface area contributed by atoms with Crippen LogP contribution in [-0.2, 0) is 4.74 Å². The van der Waals surface area contributed by atoms with Crippen LogP contribution in [0.2, 0.25) is 0 Å². The molecule has 2 N–H and O–H groups in total. The smallest absolute Gasteiger partial charge is 0.0707 e. The topological polar surface area (TPSA) is 38.5 Å². The van der Waals surface area contributed by atoms with Gasteiger partial charge in [-0.3, -0.25) is 0 Å². The van der Waals surface area contributed by atoms with E-state index >= 15 is 0 Å². The lowest BCUT2D eigenvalue weighted by atomic mass is 10.2. The van der Waals surface area contributed by atoms with Gasteiger partial charge in [-0.25, -0.2) is 0 Å². The van der Waals surface area contributed by atoms with Crippen LogP contribution in [0.4, 0.5) is 0 Å². The molecule has 0 saturated carbocycles. The van der Waals surface area contributed by atoms with Gasteiger partial charge in [-0.05, 0) is 38.8 Å². The molecule has 2 atom stereocenters. The average molecular weight is 184 g/mol. The predicted molar refractivity (Wildman–Crippen MR) is 52.6 cm³/mol. The molecule has 0 aromatic heterocycles. The van der Waals surface area contributed by atoms with Crippen molar-refractivity contribution in [1.29, 1.82) is 0 Å². The third kappa shape index (κ3) is 2.42. The van der Waals surface area contributed by atoms with Gasteiger partial charge in [0.2, 0.25) is 0 Å². The first-order valence-electron chi connectivity index (χ1n) is 5.46. The molecule has 3 heteroatoms. The Morgan fingerprint density at radius 3 is 2.46 bits per heavy atom. The van der Waals surface area contributed by atoms with E-state index in [1.54, 1.807) is 0 Å². The van der Waals surface area contributed by atoms with E-state index in [1.807, 2.05) is 0 Å². The largest absolute Gasteiger partial charge is 0.372 e. The number of nitrogens with two attached hydrogens (primary N) is 1. The molecular weight excluding hydrogens is 164 g/mol.